The summed E-state index contributed by atoms with van der Waals surface area (Å²) in [6, 6.07) is 5.12. The number of ether oxygens (including phenoxy) is 1. The van der Waals surface area contributed by atoms with Gasteiger partial charge in [0.1, 0.15) is 11.9 Å². The molecule has 0 bridgehead atoms. The Morgan fingerprint density at radius 2 is 2.00 bits per heavy atom. The van der Waals surface area contributed by atoms with Gasteiger partial charge in [-0.3, -0.25) is 0 Å². The van der Waals surface area contributed by atoms with E-state index in [0.717, 1.165) is 18.0 Å². The van der Waals surface area contributed by atoms with Crippen LogP contribution in [-0.2, 0) is 10.0 Å². The van der Waals surface area contributed by atoms with E-state index < -0.39 is 10.0 Å². The number of benzene rings is 1. The Labute approximate surface area is 125 Å². The van der Waals surface area contributed by atoms with Gasteiger partial charge in [-0.05, 0) is 25.1 Å². The lowest BCUT2D eigenvalue weighted by Gasteiger charge is -2.33. The Bertz CT molecular complexity index is 626. The van der Waals surface area contributed by atoms with Crippen LogP contribution < -0.4 is 15.0 Å². The van der Waals surface area contributed by atoms with Gasteiger partial charge in [0.05, 0.1) is 17.1 Å². The number of hydrogen-bond acceptors (Lipinski definition) is 5. The first-order valence-corrected chi connectivity index (χ1v) is 8.65. The average Bonchev–Trinajstić information content (AvgIpc) is 2.47. The minimum absolute atomic E-state index is 0.109. The van der Waals surface area contributed by atoms with Gasteiger partial charge in [-0.1, -0.05) is 0 Å². The van der Waals surface area contributed by atoms with Crippen LogP contribution in [0.15, 0.2) is 23.1 Å². The van der Waals surface area contributed by atoms with E-state index >= 15 is 0 Å². The Morgan fingerprint density at radius 1 is 1.29 bits per heavy atom. The van der Waals surface area contributed by atoms with Crippen LogP contribution in [0.25, 0.3) is 0 Å². The van der Waals surface area contributed by atoms with Crippen LogP contribution in [0, 0.1) is 0 Å². The molecule has 1 atom stereocenters. The van der Waals surface area contributed by atoms with Crippen molar-refractivity contribution in [2.75, 3.05) is 44.7 Å². The third kappa shape index (κ3) is 2.73. The predicted molar refractivity (Wildman–Crippen MR) is 81.4 cm³/mol. The zero-order valence-corrected chi connectivity index (χ0v) is 13.2. The van der Waals surface area contributed by atoms with E-state index in [9.17, 15) is 8.42 Å². The number of rotatable bonds is 2. The van der Waals surface area contributed by atoms with Crippen LogP contribution in [-0.4, -0.2) is 58.6 Å². The van der Waals surface area contributed by atoms with Crippen molar-refractivity contribution in [2.24, 2.45) is 0 Å². The molecule has 6 nitrogen and oxygen atoms in total. The third-order valence-corrected chi connectivity index (χ3v) is 5.81. The Balaban J connectivity index is 1.94. The SMILES string of the molecule is CC1CN(C)c2cc(S(=O)(=O)N3CCNCC3)ccc2O1. The predicted octanol–water partition coefficient (Wildman–Crippen LogP) is 0.498. The van der Waals surface area contributed by atoms with Crippen LogP contribution in [0.5, 0.6) is 5.75 Å². The summed E-state index contributed by atoms with van der Waals surface area (Å²) in [6.07, 6.45) is 0.109. The maximum absolute atomic E-state index is 12.7. The molecule has 116 valence electrons. The molecule has 3 rings (SSSR count). The lowest BCUT2D eigenvalue weighted by atomic mass is 10.2. The lowest BCUT2D eigenvalue weighted by molar-refractivity contribution is 0.215. The maximum atomic E-state index is 12.7. The number of nitrogens with one attached hydrogen (secondary N) is 1. The second-order valence-electron chi connectivity index (χ2n) is 5.59. The quantitative estimate of drug-likeness (QED) is 0.862. The second-order valence-corrected chi connectivity index (χ2v) is 7.53. The largest absolute Gasteiger partial charge is 0.487 e. The van der Waals surface area contributed by atoms with Gasteiger partial charge in [-0.2, -0.15) is 4.31 Å². The highest BCUT2D eigenvalue weighted by Crippen LogP contribution is 2.35. The van der Waals surface area contributed by atoms with Gasteiger partial charge in [0, 0.05) is 33.2 Å². The molecule has 7 heteroatoms. The molecule has 1 N–H and O–H groups in total. The zero-order valence-electron chi connectivity index (χ0n) is 12.4. The topological polar surface area (TPSA) is 61.9 Å². The van der Waals surface area contributed by atoms with Crippen molar-refractivity contribution in [3.8, 4) is 5.75 Å². The van der Waals surface area contributed by atoms with E-state index in [1.165, 1.54) is 4.31 Å². The molecule has 2 heterocycles. The van der Waals surface area contributed by atoms with Crippen molar-refractivity contribution in [3.05, 3.63) is 18.2 Å². The molecule has 1 aromatic rings. The summed E-state index contributed by atoms with van der Waals surface area (Å²) in [5, 5.41) is 3.17. The Morgan fingerprint density at radius 3 is 2.71 bits per heavy atom. The van der Waals surface area contributed by atoms with Crippen molar-refractivity contribution in [1.29, 1.82) is 0 Å². The number of likely N-dealkylation sites (N-methyl/N-ethyl adjacent to an activating group) is 1. The minimum Gasteiger partial charge on any atom is -0.487 e. The molecule has 21 heavy (non-hydrogen) atoms. The van der Waals surface area contributed by atoms with Crippen LogP contribution in [0.2, 0.25) is 0 Å². The van der Waals surface area contributed by atoms with Gasteiger partial charge in [-0.15, -0.1) is 0 Å². The zero-order chi connectivity index (χ0) is 15.0. The fourth-order valence-electron chi connectivity index (χ4n) is 2.83. The number of nitrogens with zero attached hydrogens (tertiary/aromatic N) is 2. The molecule has 1 aromatic carbocycles. The van der Waals surface area contributed by atoms with Crippen LogP contribution in [0.4, 0.5) is 5.69 Å². The molecule has 1 unspecified atom stereocenters. The smallest absolute Gasteiger partial charge is 0.243 e. The summed E-state index contributed by atoms with van der Waals surface area (Å²) in [4.78, 5) is 2.38. The van der Waals surface area contributed by atoms with Crippen molar-refractivity contribution in [1.82, 2.24) is 9.62 Å². The Kier molecular flexibility index (Phi) is 3.81. The van der Waals surface area contributed by atoms with E-state index in [4.69, 9.17) is 4.74 Å². The summed E-state index contributed by atoms with van der Waals surface area (Å²) < 4.78 is 32.7. The molecule has 0 saturated carbocycles. The number of anilines is 1. The average molecular weight is 311 g/mol. The van der Waals surface area contributed by atoms with Gasteiger partial charge in [0.2, 0.25) is 10.0 Å². The van der Waals surface area contributed by atoms with Crippen molar-refractivity contribution >= 4 is 15.7 Å². The van der Waals surface area contributed by atoms with Crippen molar-refractivity contribution in [3.63, 3.8) is 0 Å². The first-order chi connectivity index (χ1) is 9.98. The number of fused-ring (bicyclic) bond motifs is 1. The minimum atomic E-state index is -3.42. The van der Waals surface area contributed by atoms with E-state index in [2.05, 4.69) is 5.32 Å². The normalized spacial score (nSPS) is 23.5. The van der Waals surface area contributed by atoms with Crippen LogP contribution in [0.1, 0.15) is 6.92 Å². The molecule has 0 radical (unpaired) electrons. The van der Waals surface area contributed by atoms with E-state index in [0.29, 0.717) is 31.1 Å². The third-order valence-electron chi connectivity index (χ3n) is 3.91. The second kappa shape index (κ2) is 5.47. The van der Waals surface area contributed by atoms with Gasteiger partial charge < -0.3 is 15.0 Å². The first-order valence-electron chi connectivity index (χ1n) is 7.21. The molecule has 0 aromatic heterocycles. The highest BCUT2D eigenvalue weighted by molar-refractivity contribution is 7.89. The standard InChI is InChI=1S/C14H21N3O3S/c1-11-10-16(2)13-9-12(3-4-14(13)20-11)21(18,19)17-7-5-15-6-8-17/h3-4,9,11,15H,5-8,10H2,1-2H3. The van der Waals surface area contributed by atoms with E-state index in [-0.39, 0.29) is 6.10 Å². The molecule has 0 spiro atoms. The summed E-state index contributed by atoms with van der Waals surface area (Å²) >= 11 is 0. The molecular weight excluding hydrogens is 290 g/mol. The van der Waals surface area contributed by atoms with Gasteiger partial charge in [0.15, 0.2) is 0 Å². The molecular formula is C14H21N3O3S. The van der Waals surface area contributed by atoms with Crippen LogP contribution in [0.3, 0.4) is 0 Å². The summed E-state index contributed by atoms with van der Waals surface area (Å²) in [5.74, 6) is 0.746. The number of sulfonamides is 1. The molecule has 0 amide bonds. The highest BCUT2D eigenvalue weighted by Gasteiger charge is 2.28. The molecule has 2 aliphatic heterocycles. The van der Waals surface area contributed by atoms with Crippen molar-refractivity contribution in [2.45, 2.75) is 17.9 Å². The van der Waals surface area contributed by atoms with Crippen LogP contribution >= 0.6 is 0 Å². The molecule has 1 saturated heterocycles. The van der Waals surface area contributed by atoms with Gasteiger partial charge in [-0.25, -0.2) is 8.42 Å². The summed E-state index contributed by atoms with van der Waals surface area (Å²) in [5.41, 5.74) is 0.837. The van der Waals surface area contributed by atoms with Gasteiger partial charge >= 0.3 is 0 Å². The molecule has 0 aliphatic carbocycles. The molecule has 1 fully saturated rings. The Hall–Kier alpha value is -1.31. The summed E-state index contributed by atoms with van der Waals surface area (Å²) in [7, 11) is -1.46. The molecule has 2 aliphatic rings. The van der Waals surface area contributed by atoms with Gasteiger partial charge in [0.25, 0.3) is 0 Å². The van der Waals surface area contributed by atoms with Crippen molar-refractivity contribution < 1.29 is 13.2 Å². The first kappa shape index (κ1) is 14.6. The maximum Gasteiger partial charge on any atom is 0.243 e. The van der Waals surface area contributed by atoms with E-state index in [1.54, 1.807) is 18.2 Å². The lowest BCUT2D eigenvalue weighted by Crippen LogP contribution is -2.46. The summed E-state index contributed by atoms with van der Waals surface area (Å²) in [6.45, 7) is 5.19. The highest BCUT2D eigenvalue weighted by atomic mass is 32.2. The number of piperazine rings is 1. The monoisotopic (exact) mass is 311 g/mol. The fourth-order valence-corrected chi connectivity index (χ4v) is 4.29. The number of hydrogen-bond donors (Lipinski definition) is 1. The fraction of sp³-hybridized carbons (Fsp3) is 0.571. The van der Waals surface area contributed by atoms with E-state index in [1.807, 2.05) is 18.9 Å².